The Kier molecular flexibility index (Phi) is 10.6. The Morgan fingerprint density at radius 2 is 0.857 bits per heavy atom. The molecule has 0 aromatic carbocycles. The topological polar surface area (TPSA) is 0 Å². The SMILES string of the molecule is FC(F)=C(F)CCl.FC(F)=C(F)CCl. The van der Waals surface area contributed by atoms with Crippen molar-refractivity contribution in [2.75, 3.05) is 11.8 Å². The van der Waals surface area contributed by atoms with Gasteiger partial charge in [-0.25, -0.2) is 8.78 Å². The fourth-order valence-electron chi connectivity index (χ4n) is 0.101. The summed E-state index contributed by atoms with van der Waals surface area (Å²) in [5.41, 5.74) is 0. The van der Waals surface area contributed by atoms with Crippen LogP contribution >= 0.6 is 23.2 Å². The summed E-state index contributed by atoms with van der Waals surface area (Å²) in [6.45, 7) is 0. The fourth-order valence-corrected chi connectivity index (χ4v) is 0.303. The molecule has 0 aliphatic rings. The van der Waals surface area contributed by atoms with Gasteiger partial charge in [0.15, 0.2) is 11.7 Å². The lowest BCUT2D eigenvalue weighted by atomic mass is 10.7. The molecule has 0 spiro atoms. The third-order valence-electron chi connectivity index (χ3n) is 0.645. The molecular weight excluding hydrogens is 257 g/mol. The molecule has 0 saturated carbocycles. The van der Waals surface area contributed by atoms with E-state index in [1.165, 1.54) is 0 Å². The average molecular weight is 261 g/mol. The van der Waals surface area contributed by atoms with Crippen LogP contribution < -0.4 is 0 Å². The second kappa shape index (κ2) is 9.21. The van der Waals surface area contributed by atoms with E-state index in [9.17, 15) is 26.3 Å². The minimum Gasteiger partial charge on any atom is -0.205 e. The first-order chi connectivity index (χ1) is 6.36. The van der Waals surface area contributed by atoms with E-state index in [4.69, 9.17) is 0 Å². The van der Waals surface area contributed by atoms with Crippen molar-refractivity contribution in [3.05, 3.63) is 23.8 Å². The number of hydrogen-bond acceptors (Lipinski definition) is 0. The van der Waals surface area contributed by atoms with Gasteiger partial charge in [0.1, 0.15) is 0 Å². The third kappa shape index (κ3) is 9.73. The summed E-state index contributed by atoms with van der Waals surface area (Å²) in [4.78, 5) is 0. The van der Waals surface area contributed by atoms with E-state index in [1.54, 1.807) is 0 Å². The number of halogens is 8. The molecule has 0 aliphatic carbocycles. The van der Waals surface area contributed by atoms with Crippen LogP contribution in [0.5, 0.6) is 0 Å². The zero-order chi connectivity index (χ0) is 11.7. The summed E-state index contributed by atoms with van der Waals surface area (Å²) in [5.74, 6) is -4.60. The van der Waals surface area contributed by atoms with Gasteiger partial charge < -0.3 is 0 Å². The lowest BCUT2D eigenvalue weighted by molar-refractivity contribution is 0.381. The molecule has 0 aromatic heterocycles. The third-order valence-corrected chi connectivity index (χ3v) is 1.11. The van der Waals surface area contributed by atoms with Crippen molar-refractivity contribution in [3.63, 3.8) is 0 Å². The first kappa shape index (κ1) is 16.1. The van der Waals surface area contributed by atoms with Gasteiger partial charge in [0.05, 0.1) is 11.8 Å². The smallest absolute Gasteiger partial charge is 0.205 e. The van der Waals surface area contributed by atoms with E-state index < -0.39 is 35.6 Å². The van der Waals surface area contributed by atoms with Gasteiger partial charge in [-0.3, -0.25) is 0 Å². The first-order valence-corrected chi connectivity index (χ1v) is 3.94. The Balaban J connectivity index is 0. The second-order valence-corrected chi connectivity index (χ2v) is 2.13. The highest BCUT2D eigenvalue weighted by molar-refractivity contribution is 6.19. The Hall–Kier alpha value is -0.360. The Morgan fingerprint density at radius 3 is 0.857 bits per heavy atom. The molecule has 0 nitrogen and oxygen atoms in total. The van der Waals surface area contributed by atoms with Gasteiger partial charge in [-0.05, 0) is 0 Å². The van der Waals surface area contributed by atoms with Gasteiger partial charge in [-0.15, -0.1) is 23.2 Å². The van der Waals surface area contributed by atoms with Gasteiger partial charge in [-0.1, -0.05) is 0 Å². The number of rotatable bonds is 2. The summed E-state index contributed by atoms with van der Waals surface area (Å²) in [6, 6.07) is 0. The number of hydrogen-bond donors (Lipinski definition) is 0. The van der Waals surface area contributed by atoms with Crippen molar-refractivity contribution in [2.45, 2.75) is 0 Å². The molecule has 84 valence electrons. The summed E-state index contributed by atoms with van der Waals surface area (Å²) < 4.78 is 65.9. The minimum atomic E-state index is -2.34. The lowest BCUT2D eigenvalue weighted by Gasteiger charge is -1.80. The van der Waals surface area contributed by atoms with E-state index in [0.717, 1.165) is 0 Å². The molecule has 0 rings (SSSR count). The highest BCUT2D eigenvalue weighted by Crippen LogP contribution is 2.09. The molecular formula is C6H4Cl2F6. The van der Waals surface area contributed by atoms with Crippen LogP contribution in [0.1, 0.15) is 0 Å². The molecule has 0 heterocycles. The van der Waals surface area contributed by atoms with E-state index >= 15 is 0 Å². The van der Waals surface area contributed by atoms with E-state index in [0.29, 0.717) is 0 Å². The van der Waals surface area contributed by atoms with Crippen LogP contribution in [0.3, 0.4) is 0 Å². The first-order valence-electron chi connectivity index (χ1n) is 2.88. The molecule has 14 heavy (non-hydrogen) atoms. The highest BCUT2D eigenvalue weighted by atomic mass is 35.5. The summed E-state index contributed by atoms with van der Waals surface area (Å²) >= 11 is 9.27. The molecule has 0 N–H and O–H groups in total. The summed E-state index contributed by atoms with van der Waals surface area (Å²) in [7, 11) is 0. The normalized spacial score (nSPS) is 8.57. The predicted octanol–water partition coefficient (Wildman–Crippen LogP) is 4.61. The molecule has 0 saturated heterocycles. The van der Waals surface area contributed by atoms with Crippen molar-refractivity contribution in [3.8, 4) is 0 Å². The van der Waals surface area contributed by atoms with Crippen LogP contribution in [0.4, 0.5) is 26.3 Å². The number of alkyl halides is 2. The Morgan fingerprint density at radius 1 is 0.643 bits per heavy atom. The van der Waals surface area contributed by atoms with Gasteiger partial charge in [0.2, 0.25) is 0 Å². The van der Waals surface area contributed by atoms with Gasteiger partial charge >= 0.3 is 12.2 Å². The van der Waals surface area contributed by atoms with E-state index in [-0.39, 0.29) is 0 Å². The minimum absolute atomic E-state index is 0.748. The Bertz CT molecular complexity index is 192. The van der Waals surface area contributed by atoms with Gasteiger partial charge in [0, 0.05) is 0 Å². The van der Waals surface area contributed by atoms with Crippen LogP contribution in [-0.2, 0) is 0 Å². The second-order valence-electron chi connectivity index (χ2n) is 1.60. The molecule has 0 unspecified atom stereocenters. The van der Waals surface area contributed by atoms with Crippen LogP contribution in [0, 0.1) is 0 Å². The zero-order valence-corrected chi connectivity index (χ0v) is 7.95. The maximum atomic E-state index is 11.3. The molecule has 8 heteroatoms. The fraction of sp³-hybridized carbons (Fsp3) is 0.333. The largest absolute Gasteiger partial charge is 0.302 e. The maximum Gasteiger partial charge on any atom is 0.302 e. The molecule has 0 fully saturated rings. The van der Waals surface area contributed by atoms with Crippen LogP contribution in [-0.4, -0.2) is 11.8 Å². The van der Waals surface area contributed by atoms with Crippen molar-refractivity contribution in [2.24, 2.45) is 0 Å². The van der Waals surface area contributed by atoms with E-state index in [2.05, 4.69) is 23.2 Å². The molecule has 0 aromatic rings. The summed E-state index contributed by atoms with van der Waals surface area (Å²) in [5, 5.41) is 0. The average Bonchev–Trinajstić information content (AvgIpc) is 2.15. The van der Waals surface area contributed by atoms with Crippen molar-refractivity contribution < 1.29 is 26.3 Å². The van der Waals surface area contributed by atoms with Crippen molar-refractivity contribution >= 4 is 23.2 Å². The van der Waals surface area contributed by atoms with Gasteiger partial charge in [-0.2, -0.15) is 17.6 Å². The monoisotopic (exact) mass is 260 g/mol. The zero-order valence-electron chi connectivity index (χ0n) is 6.44. The molecule has 0 aliphatic heterocycles. The predicted molar refractivity (Wildman–Crippen MR) is 42.1 cm³/mol. The highest BCUT2D eigenvalue weighted by Gasteiger charge is 2.00. The summed E-state index contributed by atoms with van der Waals surface area (Å²) in [6.07, 6.45) is -4.68. The van der Waals surface area contributed by atoms with Crippen molar-refractivity contribution in [1.82, 2.24) is 0 Å². The van der Waals surface area contributed by atoms with Gasteiger partial charge in [0.25, 0.3) is 0 Å². The molecule has 0 atom stereocenters. The Labute approximate surface area is 85.8 Å². The van der Waals surface area contributed by atoms with Crippen molar-refractivity contribution in [1.29, 1.82) is 0 Å². The molecule has 0 amide bonds. The number of allylic oxidation sites excluding steroid dienone is 2. The van der Waals surface area contributed by atoms with Crippen LogP contribution in [0.15, 0.2) is 23.8 Å². The van der Waals surface area contributed by atoms with Crippen LogP contribution in [0.25, 0.3) is 0 Å². The maximum absolute atomic E-state index is 11.3. The molecule has 0 bridgehead atoms. The standard InChI is InChI=1S/2C3H2ClF3/c2*4-1-2(5)3(6)7/h2*1H2. The quantitative estimate of drug-likeness (QED) is 0.503. The molecule has 0 radical (unpaired) electrons. The van der Waals surface area contributed by atoms with E-state index in [1.807, 2.05) is 0 Å². The van der Waals surface area contributed by atoms with Crippen LogP contribution in [0.2, 0.25) is 0 Å². The lowest BCUT2D eigenvalue weighted by Crippen LogP contribution is -1.73.